The van der Waals surface area contributed by atoms with E-state index >= 15 is 0 Å². The van der Waals surface area contributed by atoms with Crippen molar-refractivity contribution < 1.29 is 15.3 Å². The van der Waals surface area contributed by atoms with Crippen molar-refractivity contribution in [1.82, 2.24) is 0 Å². The molecule has 0 heterocycles. The van der Waals surface area contributed by atoms with Crippen molar-refractivity contribution in [3.05, 3.63) is 11.6 Å². The van der Waals surface area contributed by atoms with E-state index in [9.17, 15) is 15.3 Å². The van der Waals surface area contributed by atoms with E-state index in [1.54, 1.807) is 0 Å². The maximum atomic E-state index is 11.0. The van der Waals surface area contributed by atoms with Gasteiger partial charge < -0.3 is 15.3 Å². The van der Waals surface area contributed by atoms with Crippen LogP contribution in [0.4, 0.5) is 0 Å². The minimum atomic E-state index is -0.944. The molecule has 0 radical (unpaired) electrons. The van der Waals surface area contributed by atoms with Crippen molar-refractivity contribution in [1.29, 1.82) is 0 Å². The molecule has 0 aromatic carbocycles. The van der Waals surface area contributed by atoms with Crippen molar-refractivity contribution in [2.75, 3.05) is 0 Å². The van der Waals surface area contributed by atoms with Crippen LogP contribution < -0.4 is 0 Å². The van der Waals surface area contributed by atoms with Gasteiger partial charge in [0, 0.05) is 5.92 Å². The molecule has 0 aliphatic heterocycles. The van der Waals surface area contributed by atoms with Gasteiger partial charge in [0.05, 0.1) is 17.3 Å². The first-order valence-electron chi connectivity index (χ1n) is 7.01. The van der Waals surface area contributed by atoms with E-state index in [1.807, 2.05) is 26.8 Å². The predicted molar refractivity (Wildman–Crippen MR) is 71.0 cm³/mol. The molecule has 18 heavy (non-hydrogen) atoms. The van der Waals surface area contributed by atoms with Crippen molar-refractivity contribution in [3.63, 3.8) is 0 Å². The van der Waals surface area contributed by atoms with Gasteiger partial charge in [0.2, 0.25) is 0 Å². The van der Waals surface area contributed by atoms with Crippen LogP contribution in [0.5, 0.6) is 0 Å². The number of hydrogen-bond acceptors (Lipinski definition) is 3. The van der Waals surface area contributed by atoms with E-state index in [0.717, 1.165) is 18.4 Å². The highest BCUT2D eigenvalue weighted by Crippen LogP contribution is 2.49. The SMILES string of the molecule is C[C@H]1CC[C@@H](C(C)(C)O)CC2(O)C1=CC(O)[C@@H]2C. The van der Waals surface area contributed by atoms with Crippen molar-refractivity contribution in [3.8, 4) is 0 Å². The Labute approximate surface area is 110 Å². The Hall–Kier alpha value is -0.380. The van der Waals surface area contributed by atoms with Crippen LogP contribution in [0.2, 0.25) is 0 Å². The minimum Gasteiger partial charge on any atom is -0.390 e. The molecule has 1 fully saturated rings. The summed E-state index contributed by atoms with van der Waals surface area (Å²) in [6, 6.07) is 0. The van der Waals surface area contributed by atoms with Crippen LogP contribution in [-0.2, 0) is 0 Å². The summed E-state index contributed by atoms with van der Waals surface area (Å²) in [6.07, 6.45) is 3.70. The van der Waals surface area contributed by atoms with Crippen molar-refractivity contribution in [2.45, 2.75) is 64.3 Å². The Morgan fingerprint density at radius 2 is 1.89 bits per heavy atom. The second-order valence-electron chi connectivity index (χ2n) is 6.86. The van der Waals surface area contributed by atoms with Gasteiger partial charge in [-0.15, -0.1) is 0 Å². The molecular weight excluding hydrogens is 228 g/mol. The first-order valence-corrected chi connectivity index (χ1v) is 7.01. The smallest absolute Gasteiger partial charge is 0.0917 e. The molecule has 2 unspecified atom stereocenters. The van der Waals surface area contributed by atoms with Crippen molar-refractivity contribution in [2.24, 2.45) is 17.8 Å². The fraction of sp³-hybridized carbons (Fsp3) is 0.867. The lowest BCUT2D eigenvalue weighted by molar-refractivity contribution is -0.0601. The van der Waals surface area contributed by atoms with Crippen LogP contribution in [0.1, 0.15) is 47.0 Å². The summed E-state index contributed by atoms with van der Waals surface area (Å²) in [5, 5.41) is 31.2. The highest BCUT2D eigenvalue weighted by Gasteiger charge is 2.51. The maximum absolute atomic E-state index is 11.0. The van der Waals surface area contributed by atoms with Gasteiger partial charge in [0.15, 0.2) is 0 Å². The Balaban J connectivity index is 2.35. The number of fused-ring (bicyclic) bond motifs is 1. The van der Waals surface area contributed by atoms with Gasteiger partial charge in [0.1, 0.15) is 0 Å². The lowest BCUT2D eigenvalue weighted by Gasteiger charge is -2.38. The average Bonchev–Trinajstić information content (AvgIpc) is 2.40. The summed E-state index contributed by atoms with van der Waals surface area (Å²) in [5.41, 5.74) is -0.743. The molecule has 0 saturated heterocycles. The zero-order valence-corrected chi connectivity index (χ0v) is 11.8. The zero-order valence-electron chi connectivity index (χ0n) is 11.8. The third kappa shape index (κ3) is 2.13. The fourth-order valence-corrected chi connectivity index (χ4v) is 3.60. The Bertz CT molecular complexity index is 355. The highest BCUT2D eigenvalue weighted by molar-refractivity contribution is 5.31. The molecule has 0 aromatic heterocycles. The number of rotatable bonds is 1. The quantitative estimate of drug-likeness (QED) is 0.626. The van der Waals surface area contributed by atoms with Crippen LogP contribution in [0.15, 0.2) is 11.6 Å². The van der Waals surface area contributed by atoms with E-state index in [0.29, 0.717) is 6.42 Å². The monoisotopic (exact) mass is 254 g/mol. The largest absolute Gasteiger partial charge is 0.390 e. The Morgan fingerprint density at radius 3 is 2.44 bits per heavy atom. The first-order chi connectivity index (χ1) is 8.16. The summed E-state index contributed by atoms with van der Waals surface area (Å²) in [5.74, 6) is 0.170. The molecule has 2 aliphatic carbocycles. The van der Waals surface area contributed by atoms with Crippen LogP contribution in [0.3, 0.4) is 0 Å². The van der Waals surface area contributed by atoms with Gasteiger partial charge in [-0.25, -0.2) is 0 Å². The summed E-state index contributed by atoms with van der Waals surface area (Å²) in [4.78, 5) is 0. The molecule has 0 bridgehead atoms. The van der Waals surface area contributed by atoms with Crippen LogP contribution in [0.25, 0.3) is 0 Å². The lowest BCUT2D eigenvalue weighted by Crippen LogP contribution is -2.44. The number of aliphatic hydroxyl groups is 3. The number of hydrogen-bond donors (Lipinski definition) is 3. The maximum Gasteiger partial charge on any atom is 0.0917 e. The zero-order chi connectivity index (χ0) is 13.7. The van der Waals surface area contributed by atoms with Crippen molar-refractivity contribution >= 4 is 0 Å². The number of aliphatic hydroxyl groups excluding tert-OH is 1. The summed E-state index contributed by atoms with van der Waals surface area (Å²) in [7, 11) is 0. The molecule has 3 nitrogen and oxygen atoms in total. The molecule has 3 heteroatoms. The molecular formula is C15H26O3. The van der Waals surface area contributed by atoms with Crippen LogP contribution in [0, 0.1) is 17.8 Å². The van der Waals surface area contributed by atoms with E-state index in [-0.39, 0.29) is 17.8 Å². The topological polar surface area (TPSA) is 60.7 Å². The van der Waals surface area contributed by atoms with Crippen LogP contribution in [-0.4, -0.2) is 32.6 Å². The molecule has 3 N–H and O–H groups in total. The van der Waals surface area contributed by atoms with E-state index in [2.05, 4.69) is 6.92 Å². The van der Waals surface area contributed by atoms with Gasteiger partial charge in [-0.2, -0.15) is 0 Å². The third-order valence-electron chi connectivity index (χ3n) is 5.15. The van der Waals surface area contributed by atoms with E-state index < -0.39 is 17.3 Å². The molecule has 2 aliphatic rings. The fourth-order valence-electron chi connectivity index (χ4n) is 3.60. The summed E-state index contributed by atoms with van der Waals surface area (Å²) >= 11 is 0. The lowest BCUT2D eigenvalue weighted by atomic mass is 9.75. The molecule has 2 rings (SSSR count). The summed E-state index contributed by atoms with van der Waals surface area (Å²) < 4.78 is 0. The van der Waals surface area contributed by atoms with Gasteiger partial charge >= 0.3 is 0 Å². The molecule has 0 amide bonds. The summed E-state index contributed by atoms with van der Waals surface area (Å²) in [6.45, 7) is 7.63. The van der Waals surface area contributed by atoms with Gasteiger partial charge in [-0.3, -0.25) is 0 Å². The van der Waals surface area contributed by atoms with E-state index in [1.165, 1.54) is 0 Å². The molecule has 0 aromatic rings. The average molecular weight is 254 g/mol. The van der Waals surface area contributed by atoms with E-state index in [4.69, 9.17) is 0 Å². The van der Waals surface area contributed by atoms with Gasteiger partial charge in [-0.1, -0.05) is 19.9 Å². The first kappa shape index (κ1) is 14.0. The standard InChI is InChI=1S/C15H26O3/c1-9-5-6-11(14(3,4)17)8-15(18)10(2)13(16)7-12(9)15/h7,9-11,13,16-18H,5-6,8H2,1-4H3/t9-,10-,11+,13?,15?/m0/s1. The third-order valence-corrected chi connectivity index (χ3v) is 5.15. The second kappa shape index (κ2) is 4.32. The highest BCUT2D eigenvalue weighted by atomic mass is 16.3. The molecule has 1 saturated carbocycles. The Kier molecular flexibility index (Phi) is 3.37. The minimum absolute atomic E-state index is 0.0728. The normalized spacial score (nSPS) is 45.4. The second-order valence-corrected chi connectivity index (χ2v) is 6.86. The Morgan fingerprint density at radius 1 is 1.28 bits per heavy atom. The van der Waals surface area contributed by atoms with Gasteiger partial charge in [0.25, 0.3) is 0 Å². The molecule has 5 atom stereocenters. The van der Waals surface area contributed by atoms with Gasteiger partial charge in [-0.05, 0) is 50.5 Å². The predicted octanol–water partition coefficient (Wildman–Crippen LogP) is 1.86. The van der Waals surface area contributed by atoms with Crippen LogP contribution >= 0.6 is 0 Å². The molecule has 0 spiro atoms. The molecule has 104 valence electrons.